The molecule has 192 valence electrons. The van der Waals surface area contributed by atoms with Gasteiger partial charge in [0.05, 0.1) is 40.0 Å². The number of carbonyl (C=O) groups excluding carboxylic acids is 1. The van der Waals surface area contributed by atoms with Gasteiger partial charge in [-0.1, -0.05) is 0 Å². The number of ether oxygens (including phenoxy) is 8. The largest absolute Gasteiger partial charge is 0.493 e. The predicted octanol–water partition coefficient (Wildman–Crippen LogP) is 3.96. The van der Waals surface area contributed by atoms with Crippen LogP contribution in [0.3, 0.4) is 0 Å². The summed E-state index contributed by atoms with van der Waals surface area (Å²) in [5.41, 5.74) is 2.73. The van der Waals surface area contributed by atoms with Crippen LogP contribution >= 0.6 is 0 Å². The van der Waals surface area contributed by atoms with Crippen molar-refractivity contribution in [3.05, 3.63) is 41.0 Å². The highest BCUT2D eigenvalue weighted by Crippen LogP contribution is 2.56. The van der Waals surface area contributed by atoms with E-state index in [1.807, 2.05) is 24.3 Å². The van der Waals surface area contributed by atoms with Crippen molar-refractivity contribution in [3.8, 4) is 28.7 Å². The molecule has 36 heavy (non-hydrogen) atoms. The number of benzene rings is 2. The number of hydrogen-bond acceptors (Lipinski definition) is 9. The molecule has 4 aliphatic rings. The molecular weight excluding hydrogens is 468 g/mol. The molecule has 0 spiro atoms. The molecule has 2 aromatic rings. The minimum atomic E-state index is -0.464. The van der Waals surface area contributed by atoms with Crippen LogP contribution in [0.2, 0.25) is 0 Å². The van der Waals surface area contributed by atoms with Gasteiger partial charge in [0.25, 0.3) is 0 Å². The normalized spacial score (nSPS) is 28.2. The second kappa shape index (κ2) is 9.37. The molecule has 0 radical (unpaired) electrons. The Hall–Kier alpha value is -3.17. The highest BCUT2D eigenvalue weighted by molar-refractivity contribution is 5.79. The average Bonchev–Trinajstić information content (AvgIpc) is 3.53. The average molecular weight is 499 g/mol. The van der Waals surface area contributed by atoms with Crippen molar-refractivity contribution >= 4 is 5.97 Å². The summed E-state index contributed by atoms with van der Waals surface area (Å²) in [6, 6.07) is 7.74. The zero-order valence-corrected chi connectivity index (χ0v) is 20.6. The maximum Gasteiger partial charge on any atom is 0.310 e. The van der Waals surface area contributed by atoms with Crippen LogP contribution < -0.4 is 23.7 Å². The summed E-state index contributed by atoms with van der Waals surface area (Å²) in [6.45, 7) is 1.10. The topological polar surface area (TPSA) is 90.9 Å². The van der Waals surface area contributed by atoms with Crippen molar-refractivity contribution in [3.63, 3.8) is 0 Å². The maximum atomic E-state index is 13.3. The minimum Gasteiger partial charge on any atom is -0.493 e. The van der Waals surface area contributed by atoms with Gasteiger partial charge in [0.15, 0.2) is 29.3 Å². The van der Waals surface area contributed by atoms with Gasteiger partial charge >= 0.3 is 5.97 Å². The fourth-order valence-corrected chi connectivity index (χ4v) is 5.95. The quantitative estimate of drug-likeness (QED) is 0.549. The molecule has 2 saturated heterocycles. The molecule has 0 amide bonds. The Kier molecular flexibility index (Phi) is 6.05. The maximum absolute atomic E-state index is 13.3. The van der Waals surface area contributed by atoms with Crippen LogP contribution in [0.4, 0.5) is 0 Å². The van der Waals surface area contributed by atoms with E-state index in [2.05, 4.69) is 0 Å². The molecule has 3 heterocycles. The van der Waals surface area contributed by atoms with Gasteiger partial charge in [-0.2, -0.15) is 0 Å². The fraction of sp³-hybridized carbons (Fsp3) is 0.519. The smallest absolute Gasteiger partial charge is 0.310 e. The third-order valence-electron chi connectivity index (χ3n) is 7.60. The summed E-state index contributed by atoms with van der Waals surface area (Å²) >= 11 is 0. The number of rotatable bonds is 6. The highest BCUT2D eigenvalue weighted by atomic mass is 16.7. The molecule has 9 heteroatoms. The molecule has 1 aliphatic carbocycles. The van der Waals surface area contributed by atoms with Crippen LogP contribution in [0.15, 0.2) is 24.3 Å². The Morgan fingerprint density at radius 1 is 0.861 bits per heavy atom. The molecular formula is C27H30O9. The summed E-state index contributed by atoms with van der Waals surface area (Å²) in [5.74, 6) is 1.59. The summed E-state index contributed by atoms with van der Waals surface area (Å²) < 4.78 is 46.4. The van der Waals surface area contributed by atoms with Crippen LogP contribution in [0.5, 0.6) is 28.7 Å². The van der Waals surface area contributed by atoms with Crippen LogP contribution in [-0.4, -0.2) is 53.6 Å². The zero-order chi connectivity index (χ0) is 24.8. The number of esters is 1. The first kappa shape index (κ1) is 23.2. The lowest BCUT2D eigenvalue weighted by Crippen LogP contribution is -2.38. The SMILES string of the molecule is COc1cc([C@@H]2c3cc4c(cc3[C@H](O[C@@H]3CCCCO3)[C@H]3COC(=O)[C@H]23)OCO4)cc(OC)c1OC. The zero-order valence-electron chi connectivity index (χ0n) is 20.6. The lowest BCUT2D eigenvalue weighted by Gasteiger charge is -2.40. The van der Waals surface area contributed by atoms with Crippen molar-refractivity contribution in [2.75, 3.05) is 41.3 Å². The van der Waals surface area contributed by atoms with E-state index in [0.29, 0.717) is 35.4 Å². The van der Waals surface area contributed by atoms with E-state index in [-0.39, 0.29) is 43.6 Å². The van der Waals surface area contributed by atoms with E-state index < -0.39 is 5.92 Å². The monoisotopic (exact) mass is 498 g/mol. The van der Waals surface area contributed by atoms with Crippen LogP contribution in [0.1, 0.15) is 48.0 Å². The summed E-state index contributed by atoms with van der Waals surface area (Å²) in [7, 11) is 4.72. The van der Waals surface area contributed by atoms with Crippen molar-refractivity contribution in [1.82, 2.24) is 0 Å². The molecule has 3 aliphatic heterocycles. The Morgan fingerprint density at radius 3 is 2.22 bits per heavy atom. The number of hydrogen-bond donors (Lipinski definition) is 0. The van der Waals surface area contributed by atoms with E-state index in [1.54, 1.807) is 21.3 Å². The van der Waals surface area contributed by atoms with E-state index in [0.717, 1.165) is 36.0 Å². The van der Waals surface area contributed by atoms with Gasteiger partial charge in [-0.15, -0.1) is 0 Å². The summed E-state index contributed by atoms with van der Waals surface area (Å²) in [6.07, 6.45) is 2.18. The van der Waals surface area contributed by atoms with Gasteiger partial charge in [0, 0.05) is 18.4 Å². The Morgan fingerprint density at radius 2 is 1.58 bits per heavy atom. The van der Waals surface area contributed by atoms with Crippen LogP contribution in [-0.2, 0) is 19.0 Å². The lowest BCUT2D eigenvalue weighted by molar-refractivity contribution is -0.205. The van der Waals surface area contributed by atoms with Gasteiger partial charge < -0.3 is 37.9 Å². The minimum absolute atomic E-state index is 0.152. The van der Waals surface area contributed by atoms with Gasteiger partial charge in [-0.25, -0.2) is 0 Å². The van der Waals surface area contributed by atoms with Crippen LogP contribution in [0, 0.1) is 11.8 Å². The van der Waals surface area contributed by atoms with Crippen LogP contribution in [0.25, 0.3) is 0 Å². The van der Waals surface area contributed by atoms with Crippen molar-refractivity contribution in [2.24, 2.45) is 11.8 Å². The first-order valence-corrected chi connectivity index (χ1v) is 12.3. The second-order valence-electron chi connectivity index (χ2n) is 9.44. The Labute approximate surface area is 209 Å². The molecule has 5 atom stereocenters. The molecule has 0 N–H and O–H groups in total. The van der Waals surface area contributed by atoms with E-state index in [9.17, 15) is 4.79 Å². The molecule has 0 saturated carbocycles. The van der Waals surface area contributed by atoms with E-state index in [4.69, 9.17) is 37.9 Å². The molecule has 0 aromatic heterocycles. The fourth-order valence-electron chi connectivity index (χ4n) is 5.95. The van der Waals surface area contributed by atoms with Crippen molar-refractivity contribution in [1.29, 1.82) is 0 Å². The van der Waals surface area contributed by atoms with Gasteiger partial charge in [-0.3, -0.25) is 4.79 Å². The van der Waals surface area contributed by atoms with Crippen molar-refractivity contribution in [2.45, 2.75) is 37.6 Å². The van der Waals surface area contributed by atoms with Gasteiger partial charge in [-0.05, 0) is 60.2 Å². The predicted molar refractivity (Wildman–Crippen MR) is 126 cm³/mol. The van der Waals surface area contributed by atoms with Gasteiger partial charge in [0.2, 0.25) is 12.5 Å². The first-order chi connectivity index (χ1) is 17.6. The lowest BCUT2D eigenvalue weighted by atomic mass is 9.66. The third kappa shape index (κ3) is 3.72. The van der Waals surface area contributed by atoms with Gasteiger partial charge in [0.1, 0.15) is 0 Å². The standard InChI is InChI=1S/C27H30O9/c1-29-20-8-14(9-21(30-2)26(20)31-3)23-15-10-18-19(35-13-34-18)11-16(15)25(17-12-33-27(28)24(17)23)36-22-6-4-5-7-32-22/h8-11,17,22-25H,4-7,12-13H2,1-3H3/t17-,22+,23+,24-,25-/m0/s1. The number of methoxy groups -OCH3 is 3. The van der Waals surface area contributed by atoms with E-state index >= 15 is 0 Å². The number of carbonyl (C=O) groups is 1. The number of cyclic esters (lactones) is 1. The molecule has 6 rings (SSSR count). The molecule has 0 bridgehead atoms. The third-order valence-corrected chi connectivity index (χ3v) is 7.60. The second-order valence-corrected chi connectivity index (χ2v) is 9.44. The molecule has 2 aromatic carbocycles. The highest BCUT2D eigenvalue weighted by Gasteiger charge is 2.53. The van der Waals surface area contributed by atoms with Crippen molar-refractivity contribution < 1.29 is 42.7 Å². The molecule has 9 nitrogen and oxygen atoms in total. The summed E-state index contributed by atoms with van der Waals surface area (Å²) in [5, 5.41) is 0. The summed E-state index contributed by atoms with van der Waals surface area (Å²) in [4.78, 5) is 13.3. The first-order valence-electron chi connectivity index (χ1n) is 12.3. The molecule has 0 unspecified atom stereocenters. The Bertz CT molecular complexity index is 1130. The number of fused-ring (bicyclic) bond motifs is 3. The Balaban J connectivity index is 1.52. The van der Waals surface area contributed by atoms with E-state index in [1.165, 1.54) is 0 Å². The molecule has 2 fully saturated rings.